The molecule has 1 N–H and O–H groups in total. The summed E-state index contributed by atoms with van der Waals surface area (Å²) in [5.41, 5.74) is 2.98. The Kier molecular flexibility index (Phi) is 10.0. The van der Waals surface area contributed by atoms with Gasteiger partial charge in [0.25, 0.3) is 5.91 Å². The maximum absolute atomic E-state index is 13.6. The number of pyridine rings is 1. The van der Waals surface area contributed by atoms with E-state index in [2.05, 4.69) is 36.0 Å². The number of likely N-dealkylation sites (tertiary alicyclic amines) is 1. The van der Waals surface area contributed by atoms with E-state index >= 15 is 0 Å². The molecule has 0 radical (unpaired) electrons. The average Bonchev–Trinajstić information content (AvgIpc) is 3.09. The van der Waals surface area contributed by atoms with Crippen LogP contribution < -0.4 is 24.3 Å². The summed E-state index contributed by atoms with van der Waals surface area (Å²) in [5.74, 6) is 3.00. The molecule has 8 nitrogen and oxygen atoms in total. The number of anilines is 1. The van der Waals surface area contributed by atoms with Crippen LogP contribution in [0.15, 0.2) is 79.0 Å². The molecule has 0 saturated carbocycles. The van der Waals surface area contributed by atoms with Crippen molar-refractivity contribution in [2.75, 3.05) is 45.8 Å². The highest BCUT2D eigenvalue weighted by Crippen LogP contribution is 2.38. The Morgan fingerprint density at radius 1 is 0.833 bits per heavy atom. The van der Waals surface area contributed by atoms with E-state index in [0.29, 0.717) is 46.6 Å². The molecule has 0 atom stereocenters. The summed E-state index contributed by atoms with van der Waals surface area (Å²) < 4.78 is 23.8. The first-order chi connectivity index (χ1) is 23.2. The van der Waals surface area contributed by atoms with Gasteiger partial charge in [-0.3, -0.25) is 9.78 Å². The molecule has 1 amide bonds. The largest absolute Gasteiger partial charge is 0.495 e. The number of rotatable bonds is 11. The van der Waals surface area contributed by atoms with E-state index in [1.54, 1.807) is 20.4 Å². The highest BCUT2D eigenvalue weighted by Gasteiger charge is 2.19. The van der Waals surface area contributed by atoms with Crippen LogP contribution in [0.5, 0.6) is 28.7 Å². The maximum Gasteiger partial charge on any atom is 0.256 e. The molecule has 0 spiro atoms. The summed E-state index contributed by atoms with van der Waals surface area (Å²) in [5, 5.41) is 5.59. The monoisotopic (exact) mass is 647 g/mol. The van der Waals surface area contributed by atoms with Crippen LogP contribution in [0.25, 0.3) is 21.7 Å². The molecule has 1 saturated heterocycles. The first kappa shape index (κ1) is 33.1. The number of fused-ring (bicyclic) bond motifs is 2. The number of amides is 1. The number of ether oxygens (including phenoxy) is 4. The van der Waals surface area contributed by atoms with E-state index in [-0.39, 0.29) is 11.3 Å². The average molecular weight is 648 g/mol. The van der Waals surface area contributed by atoms with E-state index in [1.807, 2.05) is 72.8 Å². The number of piperidine rings is 1. The van der Waals surface area contributed by atoms with Crippen LogP contribution in [0, 0.1) is 0 Å². The van der Waals surface area contributed by atoms with Gasteiger partial charge >= 0.3 is 0 Å². The van der Waals surface area contributed by atoms with Crippen LogP contribution in [-0.4, -0.2) is 56.3 Å². The van der Waals surface area contributed by atoms with Gasteiger partial charge in [0.1, 0.15) is 17.2 Å². The molecule has 1 fully saturated rings. The smallest absolute Gasteiger partial charge is 0.256 e. The van der Waals surface area contributed by atoms with Crippen molar-refractivity contribution < 1.29 is 23.7 Å². The van der Waals surface area contributed by atoms with E-state index in [9.17, 15) is 4.79 Å². The molecule has 1 aliphatic heterocycles. The molecule has 250 valence electrons. The molecular formula is C40H45N3O5. The Hall–Kier alpha value is -4.82. The molecular weight excluding hydrogens is 602 g/mol. The lowest BCUT2D eigenvalue weighted by atomic mass is 9.87. The fourth-order valence-electron chi connectivity index (χ4n) is 6.26. The summed E-state index contributed by atoms with van der Waals surface area (Å²) in [6.07, 6.45) is 6.61. The molecule has 5 aromatic rings. The van der Waals surface area contributed by atoms with Gasteiger partial charge in [-0.25, -0.2) is 0 Å². The Bertz CT molecular complexity index is 1910. The van der Waals surface area contributed by atoms with Gasteiger partial charge < -0.3 is 29.2 Å². The molecule has 0 unspecified atom stereocenters. The summed E-state index contributed by atoms with van der Waals surface area (Å²) in [6.45, 7) is 10.4. The fraction of sp³-hybridized carbons (Fsp3) is 0.350. The second-order valence-electron chi connectivity index (χ2n) is 13.3. The number of nitrogens with one attached hydrogen (secondary N) is 1. The number of benzene rings is 4. The van der Waals surface area contributed by atoms with E-state index < -0.39 is 0 Å². The highest BCUT2D eigenvalue weighted by atomic mass is 16.5. The Balaban J connectivity index is 1.20. The summed E-state index contributed by atoms with van der Waals surface area (Å²) in [7, 11) is 3.25. The molecule has 8 heteroatoms. The first-order valence-corrected chi connectivity index (χ1v) is 16.8. The van der Waals surface area contributed by atoms with Crippen molar-refractivity contribution in [3.05, 3.63) is 90.1 Å². The Morgan fingerprint density at radius 2 is 1.65 bits per heavy atom. The number of carbonyl (C=O) groups excluding carboxylic acids is 1. The minimum atomic E-state index is -0.213. The van der Waals surface area contributed by atoms with Gasteiger partial charge in [0.05, 0.1) is 32.0 Å². The molecule has 0 aliphatic carbocycles. The minimum Gasteiger partial charge on any atom is -0.495 e. The van der Waals surface area contributed by atoms with Crippen LogP contribution in [-0.2, 0) is 5.41 Å². The second kappa shape index (κ2) is 14.5. The lowest BCUT2D eigenvalue weighted by Crippen LogP contribution is -2.31. The minimum absolute atomic E-state index is 0.0741. The van der Waals surface area contributed by atoms with Gasteiger partial charge in [-0.05, 0) is 103 Å². The topological polar surface area (TPSA) is 82.2 Å². The van der Waals surface area contributed by atoms with Gasteiger partial charge in [0.15, 0.2) is 11.5 Å². The predicted octanol–water partition coefficient (Wildman–Crippen LogP) is 9.00. The van der Waals surface area contributed by atoms with Crippen molar-refractivity contribution in [3.8, 4) is 28.7 Å². The Morgan fingerprint density at radius 3 is 2.42 bits per heavy atom. The van der Waals surface area contributed by atoms with Gasteiger partial charge in [-0.15, -0.1) is 0 Å². The summed E-state index contributed by atoms with van der Waals surface area (Å²) >= 11 is 0. The van der Waals surface area contributed by atoms with Crippen molar-refractivity contribution in [2.45, 2.75) is 51.9 Å². The van der Waals surface area contributed by atoms with E-state index in [1.165, 1.54) is 32.4 Å². The van der Waals surface area contributed by atoms with Crippen LogP contribution in [0.4, 0.5) is 5.69 Å². The number of aromatic nitrogens is 1. The normalized spacial score (nSPS) is 13.8. The third kappa shape index (κ3) is 7.50. The van der Waals surface area contributed by atoms with Crippen molar-refractivity contribution in [2.24, 2.45) is 0 Å². The number of carbonyl (C=O) groups is 1. The van der Waals surface area contributed by atoms with Crippen LogP contribution >= 0.6 is 0 Å². The maximum atomic E-state index is 13.6. The molecule has 2 heterocycles. The standard InChI is InChI=1S/C40H45N3O5/c1-40(2,3)28-13-16-36(45-4)34(24-28)42-39(44)31-12-9-11-27-23-29(14-15-30(27)31)48-35-17-18-41-33-26-38(37(46-5)25-32(33)35)47-22-10-21-43-19-7-6-8-20-43/h9,11-18,23-26H,6-8,10,19-22H2,1-5H3,(H,42,44). The van der Waals surface area contributed by atoms with Gasteiger partial charge in [0, 0.05) is 29.8 Å². The van der Waals surface area contributed by atoms with Crippen molar-refractivity contribution in [1.82, 2.24) is 9.88 Å². The fourth-order valence-corrected chi connectivity index (χ4v) is 6.26. The molecule has 4 aromatic carbocycles. The van der Waals surface area contributed by atoms with E-state index in [0.717, 1.165) is 40.2 Å². The van der Waals surface area contributed by atoms with Crippen LogP contribution in [0.2, 0.25) is 0 Å². The number of hydrogen-bond donors (Lipinski definition) is 1. The SMILES string of the molecule is COc1ccc(C(C)(C)C)cc1NC(=O)c1cccc2cc(Oc3ccnc4cc(OCCCN5CCCCC5)c(OC)cc34)ccc12. The van der Waals surface area contributed by atoms with Gasteiger partial charge in [-0.1, -0.05) is 45.4 Å². The molecule has 0 bridgehead atoms. The zero-order chi connectivity index (χ0) is 33.7. The molecule has 1 aromatic heterocycles. The number of methoxy groups -OCH3 is 2. The van der Waals surface area contributed by atoms with Crippen LogP contribution in [0.3, 0.4) is 0 Å². The third-order valence-electron chi connectivity index (χ3n) is 8.95. The zero-order valence-electron chi connectivity index (χ0n) is 28.6. The lowest BCUT2D eigenvalue weighted by Gasteiger charge is -2.26. The van der Waals surface area contributed by atoms with Crippen molar-refractivity contribution in [1.29, 1.82) is 0 Å². The quantitative estimate of drug-likeness (QED) is 0.143. The van der Waals surface area contributed by atoms with Crippen molar-refractivity contribution in [3.63, 3.8) is 0 Å². The molecule has 1 aliphatic rings. The zero-order valence-corrected chi connectivity index (χ0v) is 28.6. The number of hydrogen-bond acceptors (Lipinski definition) is 7. The van der Waals surface area contributed by atoms with Crippen LogP contribution in [0.1, 0.15) is 62.4 Å². The van der Waals surface area contributed by atoms with Gasteiger partial charge in [0.2, 0.25) is 0 Å². The molecule has 48 heavy (non-hydrogen) atoms. The molecule has 6 rings (SSSR count). The second-order valence-corrected chi connectivity index (χ2v) is 13.3. The van der Waals surface area contributed by atoms with E-state index in [4.69, 9.17) is 18.9 Å². The first-order valence-electron chi connectivity index (χ1n) is 16.8. The van der Waals surface area contributed by atoms with Crippen molar-refractivity contribution >= 4 is 33.3 Å². The highest BCUT2D eigenvalue weighted by molar-refractivity contribution is 6.13. The number of nitrogens with zero attached hydrogens (tertiary/aromatic N) is 2. The predicted molar refractivity (Wildman–Crippen MR) is 192 cm³/mol. The summed E-state index contributed by atoms with van der Waals surface area (Å²) in [4.78, 5) is 20.7. The summed E-state index contributed by atoms with van der Waals surface area (Å²) in [6, 6.07) is 23.0. The Labute approximate surface area is 283 Å². The van der Waals surface area contributed by atoms with Gasteiger partial charge in [-0.2, -0.15) is 0 Å². The third-order valence-corrected chi connectivity index (χ3v) is 8.95. The lowest BCUT2D eigenvalue weighted by molar-refractivity contribution is 0.102.